The van der Waals surface area contributed by atoms with Gasteiger partial charge in [0.05, 0.1) is 17.0 Å². The Morgan fingerprint density at radius 1 is 1.39 bits per heavy atom. The van der Waals surface area contributed by atoms with Gasteiger partial charge in [-0.25, -0.2) is 0 Å². The molecule has 0 heterocycles. The van der Waals surface area contributed by atoms with Crippen molar-refractivity contribution in [3.63, 3.8) is 0 Å². The molecule has 0 saturated carbocycles. The molecule has 0 radical (unpaired) electrons. The van der Waals surface area contributed by atoms with Crippen molar-refractivity contribution in [2.45, 2.75) is 13.3 Å². The summed E-state index contributed by atoms with van der Waals surface area (Å²) in [6.07, 6.45) is 2.80. The summed E-state index contributed by atoms with van der Waals surface area (Å²) in [6.45, 7) is 1.96. The Morgan fingerprint density at radius 2 is 2.17 bits per heavy atom. The van der Waals surface area contributed by atoms with Crippen molar-refractivity contribution in [2.24, 2.45) is 0 Å². The topological polar surface area (TPSA) is 23.8 Å². The van der Waals surface area contributed by atoms with Crippen LogP contribution in [-0.2, 0) is 6.42 Å². The lowest BCUT2D eigenvalue weighted by Gasteiger charge is -2.05. The Hall–Kier alpha value is -1.03. The Kier molecular flexibility index (Phi) is 6.80. The largest absolute Gasteiger partial charge is 0.192 e. The third-order valence-electron chi connectivity index (χ3n) is 2.46. The van der Waals surface area contributed by atoms with Crippen LogP contribution in [0.25, 0.3) is 0 Å². The van der Waals surface area contributed by atoms with Crippen LogP contribution in [0.4, 0.5) is 0 Å². The number of nitrogens with zero attached hydrogens (tertiary/aromatic N) is 1. The second-order valence-electron chi connectivity index (χ2n) is 3.83. The molecule has 0 bridgehead atoms. The lowest BCUT2D eigenvalue weighted by molar-refractivity contribution is 1.15. The maximum Gasteiger partial charge on any atom is 0.0994 e. The maximum atomic E-state index is 8.89. The van der Waals surface area contributed by atoms with E-state index in [9.17, 15) is 0 Å². The first-order valence-electron chi connectivity index (χ1n) is 5.49. The molecule has 0 aliphatic carbocycles. The summed E-state index contributed by atoms with van der Waals surface area (Å²) < 4.78 is 0. The fourth-order valence-electron chi connectivity index (χ4n) is 1.55. The molecule has 0 aromatic heterocycles. The van der Waals surface area contributed by atoms with Gasteiger partial charge in [0.15, 0.2) is 0 Å². The van der Waals surface area contributed by atoms with Gasteiger partial charge in [0, 0.05) is 5.33 Å². The maximum absolute atomic E-state index is 8.89. The van der Waals surface area contributed by atoms with Gasteiger partial charge < -0.3 is 0 Å². The number of allylic oxidation sites excluding steroid dienone is 2. The van der Waals surface area contributed by atoms with Crippen molar-refractivity contribution in [2.75, 3.05) is 10.7 Å². The van der Waals surface area contributed by atoms with E-state index >= 15 is 0 Å². The molecule has 0 fully saturated rings. The van der Waals surface area contributed by atoms with Gasteiger partial charge in [0.2, 0.25) is 0 Å². The molecule has 0 amide bonds. The molecule has 0 atom stereocenters. The van der Waals surface area contributed by atoms with E-state index in [0.717, 1.165) is 22.9 Å². The van der Waals surface area contributed by atoms with E-state index in [1.165, 1.54) is 11.1 Å². The predicted octanol–water partition coefficient (Wildman–Crippen LogP) is 4.13. The molecule has 1 aromatic rings. The minimum atomic E-state index is 0.690. The van der Waals surface area contributed by atoms with Gasteiger partial charge in [-0.1, -0.05) is 55.8 Å². The number of aryl methyl sites for hydroxylation is 1. The number of halogens is 2. The highest BCUT2D eigenvalue weighted by atomic mass is 79.9. The zero-order chi connectivity index (χ0) is 13.4. The molecular weight excluding hydrogens is 354 g/mol. The van der Waals surface area contributed by atoms with E-state index in [0.29, 0.717) is 5.33 Å². The Morgan fingerprint density at radius 3 is 2.72 bits per heavy atom. The summed E-state index contributed by atoms with van der Waals surface area (Å²) >= 11 is 6.74. The number of hydrogen-bond donors (Lipinski definition) is 0. The number of hydrogen-bond acceptors (Lipinski definition) is 1. The molecule has 0 aliphatic heterocycles. The molecule has 1 rings (SSSR count). The normalized spacial score (nSPS) is 10.4. The summed E-state index contributed by atoms with van der Waals surface area (Å²) in [5.74, 6) is 5.96. The van der Waals surface area contributed by atoms with Gasteiger partial charge in [-0.05, 0) is 42.2 Å². The van der Waals surface area contributed by atoms with Gasteiger partial charge in [-0.15, -0.1) is 0 Å². The zero-order valence-corrected chi connectivity index (χ0v) is 13.3. The first-order valence-corrected chi connectivity index (χ1v) is 7.73. The van der Waals surface area contributed by atoms with Crippen LogP contribution in [-0.4, -0.2) is 10.7 Å². The van der Waals surface area contributed by atoms with Gasteiger partial charge in [-0.3, -0.25) is 0 Å². The van der Waals surface area contributed by atoms with Crippen molar-refractivity contribution >= 4 is 31.9 Å². The number of rotatable bonds is 3. The summed E-state index contributed by atoms with van der Waals surface area (Å²) in [5, 5.41) is 10.4. The summed E-state index contributed by atoms with van der Waals surface area (Å²) in [7, 11) is 0. The molecule has 0 aliphatic rings. The van der Waals surface area contributed by atoms with Gasteiger partial charge >= 0.3 is 0 Å². The van der Waals surface area contributed by atoms with E-state index in [1.54, 1.807) is 0 Å². The quantitative estimate of drug-likeness (QED) is 0.582. The Labute approximate surface area is 125 Å². The molecular formula is C15H13Br2N. The molecule has 0 unspecified atom stereocenters. The van der Waals surface area contributed by atoms with E-state index in [-0.39, 0.29) is 0 Å². The highest BCUT2D eigenvalue weighted by Crippen LogP contribution is 2.14. The molecule has 18 heavy (non-hydrogen) atoms. The highest BCUT2D eigenvalue weighted by Gasteiger charge is 2.01. The summed E-state index contributed by atoms with van der Waals surface area (Å²) in [4.78, 5) is 0. The monoisotopic (exact) mass is 365 g/mol. The van der Waals surface area contributed by atoms with E-state index in [1.807, 2.05) is 25.1 Å². The number of nitriles is 1. The van der Waals surface area contributed by atoms with Crippen LogP contribution in [0.3, 0.4) is 0 Å². The van der Waals surface area contributed by atoms with Crippen LogP contribution in [0, 0.1) is 30.1 Å². The fourth-order valence-corrected chi connectivity index (χ4v) is 2.07. The molecule has 1 aromatic carbocycles. The SMILES string of the molecule is Cc1cc(C/C(=C\C#CCBr)CBr)ccc1C#N. The van der Waals surface area contributed by atoms with Crippen LogP contribution in [0.2, 0.25) is 0 Å². The first kappa shape index (κ1) is 15.0. The van der Waals surface area contributed by atoms with Crippen LogP contribution >= 0.6 is 31.9 Å². The van der Waals surface area contributed by atoms with Gasteiger partial charge in [-0.2, -0.15) is 5.26 Å². The average Bonchev–Trinajstić information content (AvgIpc) is 2.38. The van der Waals surface area contributed by atoms with Crippen molar-refractivity contribution in [1.29, 1.82) is 5.26 Å². The van der Waals surface area contributed by atoms with Crippen LogP contribution in [0.1, 0.15) is 16.7 Å². The molecule has 92 valence electrons. The highest BCUT2D eigenvalue weighted by molar-refractivity contribution is 9.09. The van der Waals surface area contributed by atoms with Crippen molar-refractivity contribution in [3.8, 4) is 17.9 Å². The third-order valence-corrected chi connectivity index (χ3v) is 3.46. The summed E-state index contributed by atoms with van der Waals surface area (Å²) in [5.41, 5.74) is 4.20. The zero-order valence-electron chi connectivity index (χ0n) is 10.1. The minimum absolute atomic E-state index is 0.690. The van der Waals surface area contributed by atoms with Crippen LogP contribution in [0.15, 0.2) is 29.8 Å². The smallest absolute Gasteiger partial charge is 0.0994 e. The standard InChI is InChI=1S/C15H13Br2N/c1-12-8-13(5-6-15(12)11-18)9-14(10-17)4-2-3-7-16/h4-6,8H,7,9-10H2,1H3/b14-4+. The first-order chi connectivity index (χ1) is 8.71. The van der Waals surface area contributed by atoms with Gasteiger partial charge in [0.1, 0.15) is 0 Å². The molecule has 0 N–H and O–H groups in total. The molecule has 1 nitrogen and oxygen atoms in total. The molecule has 0 saturated heterocycles. The van der Waals surface area contributed by atoms with E-state index in [2.05, 4.69) is 55.8 Å². The average molecular weight is 367 g/mol. The van der Waals surface area contributed by atoms with Crippen LogP contribution in [0.5, 0.6) is 0 Å². The second kappa shape index (κ2) is 8.14. The number of alkyl halides is 2. The second-order valence-corrected chi connectivity index (χ2v) is 4.95. The fraction of sp³-hybridized carbons (Fsp3) is 0.267. The van der Waals surface area contributed by atoms with E-state index < -0.39 is 0 Å². The number of benzene rings is 1. The van der Waals surface area contributed by atoms with Gasteiger partial charge in [0.25, 0.3) is 0 Å². The predicted molar refractivity (Wildman–Crippen MR) is 83.0 cm³/mol. The van der Waals surface area contributed by atoms with E-state index in [4.69, 9.17) is 5.26 Å². The van der Waals surface area contributed by atoms with Crippen molar-refractivity contribution in [1.82, 2.24) is 0 Å². The van der Waals surface area contributed by atoms with Crippen molar-refractivity contribution in [3.05, 3.63) is 46.5 Å². The third kappa shape index (κ3) is 4.69. The Balaban J connectivity index is 2.86. The Bertz CT molecular complexity index is 542. The lowest BCUT2D eigenvalue weighted by atomic mass is 10.0. The lowest BCUT2D eigenvalue weighted by Crippen LogP contribution is -1.94. The van der Waals surface area contributed by atoms with Crippen molar-refractivity contribution < 1.29 is 0 Å². The molecule has 0 spiro atoms. The molecule has 3 heteroatoms. The minimum Gasteiger partial charge on any atom is -0.192 e. The summed E-state index contributed by atoms with van der Waals surface area (Å²) in [6, 6.07) is 8.12. The van der Waals surface area contributed by atoms with Crippen LogP contribution < -0.4 is 0 Å².